The molecule has 1 fully saturated rings. The van der Waals surface area contributed by atoms with Crippen LogP contribution < -0.4 is 5.73 Å². The molecule has 2 rings (SSSR count). The van der Waals surface area contributed by atoms with Crippen LogP contribution >= 0.6 is 15.9 Å². The number of rotatable bonds is 6. The van der Waals surface area contributed by atoms with Crippen LogP contribution in [0.5, 0.6) is 0 Å². The zero-order valence-corrected chi connectivity index (χ0v) is 14.7. The van der Waals surface area contributed by atoms with E-state index in [9.17, 15) is 0 Å². The average molecular weight is 355 g/mol. The van der Waals surface area contributed by atoms with Crippen molar-refractivity contribution in [2.24, 2.45) is 5.73 Å². The Kier molecular flexibility index (Phi) is 6.23. The molecular weight excluding hydrogens is 328 g/mol. The molecule has 1 heterocycles. The van der Waals surface area contributed by atoms with E-state index in [-0.39, 0.29) is 5.54 Å². The van der Waals surface area contributed by atoms with Gasteiger partial charge in [0.05, 0.1) is 6.10 Å². The van der Waals surface area contributed by atoms with Gasteiger partial charge in [-0.2, -0.15) is 0 Å². The van der Waals surface area contributed by atoms with E-state index in [2.05, 4.69) is 58.9 Å². The number of benzene rings is 1. The van der Waals surface area contributed by atoms with Crippen molar-refractivity contribution in [2.75, 3.05) is 26.2 Å². The van der Waals surface area contributed by atoms with E-state index >= 15 is 0 Å². The van der Waals surface area contributed by atoms with Crippen LogP contribution in [-0.2, 0) is 11.2 Å². The predicted molar refractivity (Wildman–Crippen MR) is 91.5 cm³/mol. The lowest BCUT2D eigenvalue weighted by molar-refractivity contribution is -0.0138. The topological polar surface area (TPSA) is 38.5 Å². The number of nitrogens with zero attached hydrogens (tertiary/aromatic N) is 1. The number of piperidine rings is 1. The van der Waals surface area contributed by atoms with E-state index in [1.54, 1.807) is 0 Å². The molecule has 0 amide bonds. The lowest BCUT2D eigenvalue weighted by Crippen LogP contribution is -2.56. The van der Waals surface area contributed by atoms with Crippen LogP contribution in [0.15, 0.2) is 28.7 Å². The number of likely N-dealkylation sites (tertiary alicyclic amines) is 1. The Morgan fingerprint density at radius 2 is 1.90 bits per heavy atom. The fraction of sp³-hybridized carbons (Fsp3) is 0.647. The van der Waals surface area contributed by atoms with Crippen molar-refractivity contribution in [1.29, 1.82) is 0 Å². The van der Waals surface area contributed by atoms with Gasteiger partial charge in [-0.3, -0.25) is 4.90 Å². The number of nitrogens with two attached hydrogens (primary N) is 1. The van der Waals surface area contributed by atoms with Crippen molar-refractivity contribution >= 4 is 15.9 Å². The van der Waals surface area contributed by atoms with Gasteiger partial charge in [0.2, 0.25) is 0 Å². The monoisotopic (exact) mass is 354 g/mol. The molecule has 1 aromatic rings. The van der Waals surface area contributed by atoms with E-state index in [0.29, 0.717) is 12.6 Å². The maximum Gasteiger partial charge on any atom is 0.0599 e. The number of halogens is 1. The first-order chi connectivity index (χ1) is 10.1. The summed E-state index contributed by atoms with van der Waals surface area (Å²) in [4.78, 5) is 2.55. The summed E-state index contributed by atoms with van der Waals surface area (Å²) in [6, 6.07) is 8.58. The van der Waals surface area contributed by atoms with Gasteiger partial charge in [-0.1, -0.05) is 28.1 Å². The van der Waals surface area contributed by atoms with Crippen LogP contribution in [0.1, 0.15) is 32.3 Å². The zero-order valence-electron chi connectivity index (χ0n) is 13.1. The van der Waals surface area contributed by atoms with E-state index in [4.69, 9.17) is 10.5 Å². The SMILES string of the molecule is CCOC1CCN(C(C)(CN)Cc2ccc(Br)cc2)CC1. The Labute approximate surface area is 137 Å². The molecule has 21 heavy (non-hydrogen) atoms. The molecule has 1 unspecified atom stereocenters. The van der Waals surface area contributed by atoms with Crippen LogP contribution in [0.4, 0.5) is 0 Å². The number of hydrogen-bond acceptors (Lipinski definition) is 3. The molecule has 3 nitrogen and oxygen atoms in total. The van der Waals surface area contributed by atoms with Crippen molar-refractivity contribution in [3.63, 3.8) is 0 Å². The van der Waals surface area contributed by atoms with Gasteiger partial charge in [-0.15, -0.1) is 0 Å². The van der Waals surface area contributed by atoms with Crippen LogP contribution in [0.3, 0.4) is 0 Å². The molecule has 1 atom stereocenters. The standard InChI is InChI=1S/C17H27BrN2O/c1-3-21-16-8-10-20(11-9-16)17(2,13-19)12-14-4-6-15(18)7-5-14/h4-7,16H,3,8-13,19H2,1-2H3. The van der Waals surface area contributed by atoms with Crippen LogP contribution in [0.2, 0.25) is 0 Å². The Morgan fingerprint density at radius 3 is 2.43 bits per heavy atom. The highest BCUT2D eigenvalue weighted by Gasteiger charge is 2.33. The minimum absolute atomic E-state index is 0.0328. The van der Waals surface area contributed by atoms with Gasteiger partial charge < -0.3 is 10.5 Å². The highest BCUT2D eigenvalue weighted by Crippen LogP contribution is 2.26. The van der Waals surface area contributed by atoms with Gasteiger partial charge in [-0.05, 0) is 50.8 Å². The van der Waals surface area contributed by atoms with Crippen molar-refractivity contribution < 1.29 is 4.74 Å². The smallest absolute Gasteiger partial charge is 0.0599 e. The zero-order chi connectivity index (χ0) is 15.3. The summed E-state index contributed by atoms with van der Waals surface area (Å²) in [5.74, 6) is 0. The summed E-state index contributed by atoms with van der Waals surface area (Å²) in [6.07, 6.45) is 3.66. The molecule has 2 N–H and O–H groups in total. The minimum Gasteiger partial charge on any atom is -0.378 e. The van der Waals surface area contributed by atoms with Crippen LogP contribution in [0.25, 0.3) is 0 Å². The Balaban J connectivity index is 1.99. The lowest BCUT2D eigenvalue weighted by atomic mass is 9.88. The van der Waals surface area contributed by atoms with Crippen LogP contribution in [-0.4, -0.2) is 42.8 Å². The van der Waals surface area contributed by atoms with Gasteiger partial charge in [0.25, 0.3) is 0 Å². The third-order valence-corrected chi connectivity index (χ3v) is 5.07. The van der Waals surface area contributed by atoms with Crippen LogP contribution in [0, 0.1) is 0 Å². The van der Waals surface area contributed by atoms with Crippen molar-refractivity contribution in [1.82, 2.24) is 4.90 Å². The summed E-state index contributed by atoms with van der Waals surface area (Å²) < 4.78 is 6.87. The summed E-state index contributed by atoms with van der Waals surface area (Å²) in [6.45, 7) is 8.02. The second kappa shape index (κ2) is 7.73. The summed E-state index contributed by atoms with van der Waals surface area (Å²) >= 11 is 3.49. The normalized spacial score (nSPS) is 20.4. The van der Waals surface area contributed by atoms with Gasteiger partial charge in [0.15, 0.2) is 0 Å². The molecule has 0 bridgehead atoms. The fourth-order valence-corrected chi connectivity index (χ4v) is 3.42. The quantitative estimate of drug-likeness (QED) is 0.852. The van der Waals surface area contributed by atoms with Crippen molar-refractivity contribution in [2.45, 2.75) is 44.8 Å². The molecule has 1 aliphatic rings. The van der Waals surface area contributed by atoms with Crippen molar-refractivity contribution in [3.05, 3.63) is 34.3 Å². The molecule has 4 heteroatoms. The highest BCUT2D eigenvalue weighted by molar-refractivity contribution is 9.10. The maximum atomic E-state index is 6.13. The third kappa shape index (κ3) is 4.52. The van der Waals surface area contributed by atoms with E-state index in [1.807, 2.05) is 0 Å². The molecule has 1 aromatic carbocycles. The fourth-order valence-electron chi connectivity index (χ4n) is 3.15. The molecule has 118 valence electrons. The largest absolute Gasteiger partial charge is 0.378 e. The molecule has 0 aliphatic carbocycles. The molecule has 0 aromatic heterocycles. The molecule has 0 radical (unpaired) electrons. The van der Waals surface area contributed by atoms with Crippen molar-refractivity contribution in [3.8, 4) is 0 Å². The lowest BCUT2D eigenvalue weighted by Gasteiger charge is -2.44. The second-order valence-electron chi connectivity index (χ2n) is 6.15. The Morgan fingerprint density at radius 1 is 1.29 bits per heavy atom. The van der Waals surface area contributed by atoms with Gasteiger partial charge in [0, 0.05) is 36.3 Å². The minimum atomic E-state index is 0.0328. The predicted octanol–water partition coefficient (Wildman–Crippen LogP) is 3.21. The first-order valence-corrected chi connectivity index (χ1v) is 8.68. The first-order valence-electron chi connectivity index (χ1n) is 7.88. The highest BCUT2D eigenvalue weighted by atomic mass is 79.9. The van der Waals surface area contributed by atoms with E-state index < -0.39 is 0 Å². The summed E-state index contributed by atoms with van der Waals surface area (Å²) in [5, 5.41) is 0. The average Bonchev–Trinajstić information content (AvgIpc) is 2.50. The Hall–Kier alpha value is -0.420. The molecular formula is C17H27BrN2O. The number of ether oxygens (including phenoxy) is 1. The molecule has 0 saturated carbocycles. The Bertz CT molecular complexity index is 429. The van der Waals surface area contributed by atoms with Gasteiger partial charge >= 0.3 is 0 Å². The first kappa shape index (κ1) is 16.9. The number of hydrogen-bond donors (Lipinski definition) is 1. The van der Waals surface area contributed by atoms with E-state index in [1.165, 1.54) is 5.56 Å². The summed E-state index contributed by atoms with van der Waals surface area (Å²) in [5.41, 5.74) is 7.50. The maximum absolute atomic E-state index is 6.13. The molecule has 0 spiro atoms. The van der Waals surface area contributed by atoms with Gasteiger partial charge in [-0.25, -0.2) is 0 Å². The van der Waals surface area contributed by atoms with Gasteiger partial charge in [0.1, 0.15) is 0 Å². The summed E-state index contributed by atoms with van der Waals surface area (Å²) in [7, 11) is 0. The second-order valence-corrected chi connectivity index (χ2v) is 7.06. The molecule has 1 saturated heterocycles. The molecule has 1 aliphatic heterocycles. The third-order valence-electron chi connectivity index (χ3n) is 4.55. The van der Waals surface area contributed by atoms with E-state index in [0.717, 1.165) is 43.4 Å².